The van der Waals surface area contributed by atoms with Crippen LogP contribution >= 0.6 is 15.9 Å². The lowest BCUT2D eigenvalue weighted by atomic mass is 10.2. The van der Waals surface area contributed by atoms with E-state index in [0.29, 0.717) is 6.54 Å². The lowest BCUT2D eigenvalue weighted by molar-refractivity contribution is 1.03. The number of imidazole rings is 1. The summed E-state index contributed by atoms with van der Waals surface area (Å²) >= 11 is 3.63. The SMILES string of the molecule is C=CCNc1nc(C)cn1-c1cccc(C)c1Br. The quantitative estimate of drug-likeness (QED) is 0.870. The minimum absolute atomic E-state index is 0.694. The first kappa shape index (κ1) is 12.9. The smallest absolute Gasteiger partial charge is 0.208 e. The monoisotopic (exact) mass is 305 g/mol. The molecule has 0 aliphatic rings. The van der Waals surface area contributed by atoms with E-state index in [1.165, 1.54) is 5.56 Å². The number of nitrogens with one attached hydrogen (secondary N) is 1. The second-order valence-electron chi connectivity index (χ2n) is 4.15. The van der Waals surface area contributed by atoms with Crippen molar-refractivity contribution in [3.8, 4) is 5.69 Å². The Hall–Kier alpha value is -1.55. The Kier molecular flexibility index (Phi) is 3.87. The maximum absolute atomic E-state index is 4.48. The summed E-state index contributed by atoms with van der Waals surface area (Å²) in [7, 11) is 0. The molecule has 1 aromatic carbocycles. The van der Waals surface area contributed by atoms with Crippen LogP contribution in [-0.2, 0) is 0 Å². The highest BCUT2D eigenvalue weighted by atomic mass is 79.9. The highest BCUT2D eigenvalue weighted by Gasteiger charge is 2.10. The molecule has 0 aliphatic heterocycles. The number of anilines is 1. The van der Waals surface area contributed by atoms with Crippen LogP contribution in [0.5, 0.6) is 0 Å². The number of aromatic nitrogens is 2. The van der Waals surface area contributed by atoms with Gasteiger partial charge in [0, 0.05) is 17.2 Å². The van der Waals surface area contributed by atoms with E-state index < -0.39 is 0 Å². The number of hydrogen-bond acceptors (Lipinski definition) is 2. The van der Waals surface area contributed by atoms with Crippen molar-refractivity contribution >= 4 is 21.9 Å². The van der Waals surface area contributed by atoms with Crippen LogP contribution in [0.1, 0.15) is 11.3 Å². The minimum atomic E-state index is 0.694. The van der Waals surface area contributed by atoms with Crippen LogP contribution in [-0.4, -0.2) is 16.1 Å². The van der Waals surface area contributed by atoms with E-state index >= 15 is 0 Å². The Balaban J connectivity index is 2.49. The first-order valence-corrected chi connectivity index (χ1v) is 6.59. The van der Waals surface area contributed by atoms with Crippen LogP contribution in [0.15, 0.2) is 41.5 Å². The maximum atomic E-state index is 4.48. The van der Waals surface area contributed by atoms with Gasteiger partial charge < -0.3 is 5.32 Å². The molecule has 0 saturated carbocycles. The Morgan fingerprint density at radius 2 is 2.22 bits per heavy atom. The van der Waals surface area contributed by atoms with E-state index in [9.17, 15) is 0 Å². The summed E-state index contributed by atoms with van der Waals surface area (Å²) < 4.78 is 3.14. The Morgan fingerprint density at radius 1 is 1.44 bits per heavy atom. The number of benzene rings is 1. The van der Waals surface area contributed by atoms with Crippen LogP contribution in [0.4, 0.5) is 5.95 Å². The molecular weight excluding hydrogens is 290 g/mol. The standard InChI is InChI=1S/C14H16BrN3/c1-4-8-16-14-17-11(3)9-18(14)12-7-5-6-10(2)13(12)15/h4-7,9H,1,8H2,2-3H3,(H,16,17). The maximum Gasteiger partial charge on any atom is 0.208 e. The molecule has 4 heteroatoms. The number of nitrogens with zero attached hydrogens (tertiary/aromatic N) is 2. The fraction of sp³-hybridized carbons (Fsp3) is 0.214. The zero-order valence-corrected chi connectivity index (χ0v) is 12.2. The molecule has 3 nitrogen and oxygen atoms in total. The van der Waals surface area contributed by atoms with Crippen molar-refractivity contribution in [3.63, 3.8) is 0 Å². The molecule has 0 atom stereocenters. The van der Waals surface area contributed by atoms with E-state index in [1.54, 1.807) is 0 Å². The third-order valence-corrected chi connectivity index (χ3v) is 3.69. The normalized spacial score (nSPS) is 10.4. The van der Waals surface area contributed by atoms with Crippen molar-refractivity contribution in [2.24, 2.45) is 0 Å². The average molecular weight is 306 g/mol. The van der Waals surface area contributed by atoms with Gasteiger partial charge in [0.1, 0.15) is 0 Å². The van der Waals surface area contributed by atoms with Gasteiger partial charge in [-0.2, -0.15) is 0 Å². The van der Waals surface area contributed by atoms with Gasteiger partial charge in [-0.15, -0.1) is 6.58 Å². The summed E-state index contributed by atoms with van der Waals surface area (Å²) in [6.07, 6.45) is 3.84. The number of rotatable bonds is 4. The van der Waals surface area contributed by atoms with Gasteiger partial charge >= 0.3 is 0 Å². The van der Waals surface area contributed by atoms with Crippen LogP contribution < -0.4 is 5.32 Å². The Labute approximate surface area is 116 Å². The Bertz CT molecular complexity index is 572. The van der Waals surface area contributed by atoms with Gasteiger partial charge in [0.15, 0.2) is 0 Å². The second-order valence-corrected chi connectivity index (χ2v) is 4.95. The molecule has 94 valence electrons. The summed E-state index contributed by atoms with van der Waals surface area (Å²) in [6.45, 7) is 8.47. The molecule has 0 unspecified atom stereocenters. The molecule has 0 bridgehead atoms. The summed E-state index contributed by atoms with van der Waals surface area (Å²) in [4.78, 5) is 4.48. The van der Waals surface area contributed by atoms with Crippen molar-refractivity contribution in [2.45, 2.75) is 13.8 Å². The molecule has 1 N–H and O–H groups in total. The molecule has 0 saturated heterocycles. The topological polar surface area (TPSA) is 29.9 Å². The molecule has 0 amide bonds. The summed E-state index contributed by atoms with van der Waals surface area (Å²) in [5.74, 6) is 0.832. The molecule has 2 aromatic rings. The fourth-order valence-corrected chi connectivity index (χ4v) is 2.24. The van der Waals surface area contributed by atoms with Crippen molar-refractivity contribution in [2.75, 3.05) is 11.9 Å². The van der Waals surface area contributed by atoms with Gasteiger partial charge in [0.05, 0.1) is 11.4 Å². The number of aryl methyl sites for hydroxylation is 2. The zero-order valence-electron chi connectivity index (χ0n) is 10.6. The number of halogens is 1. The van der Waals surface area contributed by atoms with Crippen LogP contribution in [0, 0.1) is 13.8 Å². The Morgan fingerprint density at radius 3 is 2.94 bits per heavy atom. The lowest BCUT2D eigenvalue weighted by Gasteiger charge is -2.11. The van der Waals surface area contributed by atoms with E-state index in [4.69, 9.17) is 0 Å². The second kappa shape index (κ2) is 5.40. The summed E-state index contributed by atoms with van der Waals surface area (Å²) in [5.41, 5.74) is 3.27. The van der Waals surface area contributed by atoms with E-state index in [1.807, 2.05) is 25.3 Å². The van der Waals surface area contributed by atoms with Crippen LogP contribution in [0.2, 0.25) is 0 Å². The molecule has 0 fully saturated rings. The van der Waals surface area contributed by atoms with Gasteiger partial charge in [0.2, 0.25) is 5.95 Å². The van der Waals surface area contributed by atoms with Crippen LogP contribution in [0.3, 0.4) is 0 Å². The lowest BCUT2D eigenvalue weighted by Crippen LogP contribution is -2.06. The van der Waals surface area contributed by atoms with E-state index in [0.717, 1.165) is 21.8 Å². The zero-order chi connectivity index (χ0) is 13.1. The minimum Gasteiger partial charge on any atom is -0.352 e. The van der Waals surface area contributed by atoms with E-state index in [2.05, 4.69) is 56.4 Å². The third-order valence-electron chi connectivity index (χ3n) is 2.66. The van der Waals surface area contributed by atoms with Gasteiger partial charge in [-0.25, -0.2) is 4.98 Å². The third kappa shape index (κ3) is 2.48. The molecule has 2 rings (SSSR count). The molecule has 1 heterocycles. The van der Waals surface area contributed by atoms with Gasteiger partial charge in [-0.1, -0.05) is 18.2 Å². The van der Waals surface area contributed by atoms with Crippen molar-refractivity contribution < 1.29 is 0 Å². The van der Waals surface area contributed by atoms with Crippen molar-refractivity contribution in [1.82, 2.24) is 9.55 Å². The highest BCUT2D eigenvalue weighted by molar-refractivity contribution is 9.10. The van der Waals surface area contributed by atoms with Crippen molar-refractivity contribution in [1.29, 1.82) is 0 Å². The highest BCUT2D eigenvalue weighted by Crippen LogP contribution is 2.27. The van der Waals surface area contributed by atoms with Gasteiger partial charge in [-0.3, -0.25) is 4.57 Å². The average Bonchev–Trinajstić information content (AvgIpc) is 2.71. The predicted molar refractivity (Wildman–Crippen MR) is 79.4 cm³/mol. The van der Waals surface area contributed by atoms with Crippen molar-refractivity contribution in [3.05, 3.63) is 52.8 Å². The number of hydrogen-bond donors (Lipinski definition) is 1. The largest absolute Gasteiger partial charge is 0.352 e. The van der Waals surface area contributed by atoms with Gasteiger partial charge in [0.25, 0.3) is 0 Å². The predicted octanol–water partition coefficient (Wildman–Crippen LogP) is 3.85. The molecule has 0 aliphatic carbocycles. The first-order chi connectivity index (χ1) is 8.63. The summed E-state index contributed by atoms with van der Waals surface area (Å²) in [5, 5.41) is 3.24. The van der Waals surface area contributed by atoms with Crippen LogP contribution in [0.25, 0.3) is 5.69 Å². The fourth-order valence-electron chi connectivity index (χ4n) is 1.79. The molecule has 0 spiro atoms. The van der Waals surface area contributed by atoms with Gasteiger partial charge in [-0.05, 0) is 41.4 Å². The first-order valence-electron chi connectivity index (χ1n) is 5.79. The molecule has 18 heavy (non-hydrogen) atoms. The molecule has 1 aromatic heterocycles. The summed E-state index contributed by atoms with van der Waals surface area (Å²) in [6, 6.07) is 6.19. The molecule has 0 radical (unpaired) electrons. The van der Waals surface area contributed by atoms with E-state index in [-0.39, 0.29) is 0 Å². The molecular formula is C14H16BrN3.